The molecule has 0 saturated carbocycles. The van der Waals surface area contributed by atoms with Crippen molar-refractivity contribution in [2.24, 2.45) is 4.99 Å². The minimum absolute atomic E-state index is 0.241. The average Bonchev–Trinajstić information content (AvgIpc) is 2.89. The maximum atomic E-state index is 11.0. The summed E-state index contributed by atoms with van der Waals surface area (Å²) in [7, 11) is 0. The van der Waals surface area contributed by atoms with Gasteiger partial charge in [-0.15, -0.1) is 0 Å². The first kappa shape index (κ1) is 25.2. The van der Waals surface area contributed by atoms with Crippen LogP contribution in [0.3, 0.4) is 0 Å². The topological polar surface area (TPSA) is 77.3 Å². The Hall–Kier alpha value is -3.85. The van der Waals surface area contributed by atoms with Crippen molar-refractivity contribution in [3.8, 4) is 23.0 Å². The van der Waals surface area contributed by atoms with E-state index >= 15 is 0 Å². The second kappa shape index (κ2) is 12.2. The Morgan fingerprint density at radius 1 is 0.917 bits per heavy atom. The molecule has 0 amide bonds. The largest absolute Gasteiger partial charge is 0.490 e. The molecule has 0 aliphatic rings. The van der Waals surface area contributed by atoms with E-state index in [1.807, 2.05) is 73.7 Å². The number of halogens is 1. The van der Waals surface area contributed by atoms with Crippen LogP contribution in [-0.4, -0.2) is 23.9 Å². The van der Waals surface area contributed by atoms with Gasteiger partial charge in [0.05, 0.1) is 21.4 Å². The minimum atomic E-state index is -0.954. The van der Waals surface area contributed by atoms with Crippen LogP contribution in [0.25, 0.3) is 0 Å². The molecular formula is C29H24INO5. The summed E-state index contributed by atoms with van der Waals surface area (Å²) in [5.74, 6) is 1.84. The summed E-state index contributed by atoms with van der Waals surface area (Å²) in [5, 5.41) is 9.06. The number of para-hydroxylation sites is 1. The maximum absolute atomic E-state index is 11.0. The second-order valence-electron chi connectivity index (χ2n) is 7.72. The molecule has 36 heavy (non-hydrogen) atoms. The van der Waals surface area contributed by atoms with Gasteiger partial charge in [-0.2, -0.15) is 0 Å². The third-order valence-corrected chi connectivity index (χ3v) is 5.90. The number of aliphatic imine (C=N–C) groups is 1. The van der Waals surface area contributed by atoms with Crippen molar-refractivity contribution >= 4 is 40.5 Å². The van der Waals surface area contributed by atoms with Gasteiger partial charge in [0.2, 0.25) is 0 Å². The molecule has 0 atom stereocenters. The summed E-state index contributed by atoms with van der Waals surface area (Å²) < 4.78 is 18.6. The Kier molecular flexibility index (Phi) is 8.57. The highest BCUT2D eigenvalue weighted by molar-refractivity contribution is 14.1. The second-order valence-corrected chi connectivity index (χ2v) is 8.88. The fourth-order valence-electron chi connectivity index (χ4n) is 3.34. The van der Waals surface area contributed by atoms with Crippen molar-refractivity contribution in [1.82, 2.24) is 0 Å². The summed E-state index contributed by atoms with van der Waals surface area (Å²) >= 11 is 2.22. The van der Waals surface area contributed by atoms with Crippen molar-refractivity contribution in [1.29, 1.82) is 0 Å². The fourth-order valence-corrected chi connectivity index (χ4v) is 4.12. The number of nitrogens with zero attached hydrogens (tertiary/aromatic N) is 1. The van der Waals surface area contributed by atoms with E-state index in [9.17, 15) is 4.79 Å². The van der Waals surface area contributed by atoms with Gasteiger partial charge in [0.25, 0.3) is 0 Å². The van der Waals surface area contributed by atoms with E-state index in [-0.39, 0.29) is 5.56 Å². The molecule has 0 unspecified atom stereocenters. The van der Waals surface area contributed by atoms with E-state index < -0.39 is 5.97 Å². The van der Waals surface area contributed by atoms with Gasteiger partial charge in [0.1, 0.15) is 18.1 Å². The number of benzene rings is 4. The molecule has 4 aromatic rings. The van der Waals surface area contributed by atoms with Crippen LogP contribution in [0.2, 0.25) is 0 Å². The van der Waals surface area contributed by atoms with Crippen LogP contribution in [0.15, 0.2) is 96.0 Å². The van der Waals surface area contributed by atoms with E-state index in [0.717, 1.165) is 31.9 Å². The Morgan fingerprint density at radius 2 is 1.61 bits per heavy atom. The van der Waals surface area contributed by atoms with Crippen LogP contribution in [0.5, 0.6) is 23.0 Å². The predicted molar refractivity (Wildman–Crippen MR) is 148 cm³/mol. The average molecular weight is 593 g/mol. The van der Waals surface area contributed by atoms with E-state index in [2.05, 4.69) is 27.6 Å². The Balaban J connectivity index is 1.45. The molecule has 0 bridgehead atoms. The number of hydrogen-bond donors (Lipinski definition) is 1. The van der Waals surface area contributed by atoms with Crippen LogP contribution in [-0.2, 0) is 6.61 Å². The van der Waals surface area contributed by atoms with Crippen LogP contribution < -0.4 is 14.2 Å². The van der Waals surface area contributed by atoms with Crippen molar-refractivity contribution in [3.63, 3.8) is 0 Å². The summed E-state index contributed by atoms with van der Waals surface area (Å²) in [6, 6.07) is 27.7. The van der Waals surface area contributed by atoms with Gasteiger partial charge in [0, 0.05) is 6.21 Å². The van der Waals surface area contributed by atoms with E-state index in [4.69, 9.17) is 19.3 Å². The van der Waals surface area contributed by atoms with Crippen LogP contribution in [0.1, 0.15) is 28.4 Å². The highest BCUT2D eigenvalue weighted by Gasteiger charge is 2.12. The standard InChI is InChI=1S/C29H24INO5/c1-2-34-27-17-21(16-26(30)28(27)35-19-20-8-10-22(11-9-20)29(32)33)18-31-23-12-14-25(15-13-23)36-24-6-4-3-5-7-24/h3-18H,2,19H2,1H3,(H,32,33). The van der Waals surface area contributed by atoms with Crippen molar-refractivity contribution in [2.75, 3.05) is 6.61 Å². The van der Waals surface area contributed by atoms with Crippen molar-refractivity contribution in [3.05, 3.63) is 111 Å². The van der Waals surface area contributed by atoms with Gasteiger partial charge in [-0.25, -0.2) is 4.79 Å². The molecule has 0 fully saturated rings. The summed E-state index contributed by atoms with van der Waals surface area (Å²) in [4.78, 5) is 15.6. The predicted octanol–water partition coefficient (Wildman–Crippen LogP) is 7.51. The zero-order valence-electron chi connectivity index (χ0n) is 19.6. The fraction of sp³-hybridized carbons (Fsp3) is 0.103. The first-order chi connectivity index (χ1) is 17.5. The first-order valence-corrected chi connectivity index (χ1v) is 12.4. The third-order valence-electron chi connectivity index (χ3n) is 5.09. The monoisotopic (exact) mass is 593 g/mol. The molecule has 0 saturated heterocycles. The molecule has 0 aromatic heterocycles. The Labute approximate surface area is 223 Å². The smallest absolute Gasteiger partial charge is 0.335 e. The summed E-state index contributed by atoms with van der Waals surface area (Å²) in [5.41, 5.74) is 2.79. The SMILES string of the molecule is CCOc1cc(C=Nc2ccc(Oc3ccccc3)cc2)cc(I)c1OCc1ccc(C(=O)O)cc1. The zero-order chi connectivity index (χ0) is 25.3. The molecule has 4 rings (SSSR count). The number of carbonyl (C=O) groups is 1. The van der Waals surface area contributed by atoms with E-state index in [1.165, 1.54) is 0 Å². The molecule has 4 aromatic carbocycles. The molecule has 6 nitrogen and oxygen atoms in total. The number of ether oxygens (including phenoxy) is 3. The van der Waals surface area contributed by atoms with Gasteiger partial charge >= 0.3 is 5.97 Å². The quantitative estimate of drug-likeness (QED) is 0.152. The van der Waals surface area contributed by atoms with Gasteiger partial charge in [-0.1, -0.05) is 30.3 Å². The molecule has 0 radical (unpaired) electrons. The van der Waals surface area contributed by atoms with Crippen molar-refractivity contribution < 1.29 is 24.1 Å². The first-order valence-electron chi connectivity index (χ1n) is 11.3. The number of rotatable bonds is 10. The number of carboxylic acid groups (broad SMARTS) is 1. The zero-order valence-corrected chi connectivity index (χ0v) is 21.7. The molecule has 0 spiro atoms. The van der Waals surface area contributed by atoms with Gasteiger partial charge in [-0.05, 0) is 101 Å². The van der Waals surface area contributed by atoms with Gasteiger partial charge in [0.15, 0.2) is 11.5 Å². The molecule has 0 heterocycles. The van der Waals surface area contributed by atoms with Crippen LogP contribution in [0.4, 0.5) is 5.69 Å². The van der Waals surface area contributed by atoms with E-state index in [1.54, 1.807) is 30.5 Å². The Bertz CT molecular complexity index is 1340. The maximum Gasteiger partial charge on any atom is 0.335 e. The molecule has 182 valence electrons. The number of hydrogen-bond acceptors (Lipinski definition) is 5. The molecule has 0 aliphatic carbocycles. The van der Waals surface area contributed by atoms with Crippen LogP contribution >= 0.6 is 22.6 Å². The normalized spacial score (nSPS) is 10.8. The van der Waals surface area contributed by atoms with E-state index in [0.29, 0.717) is 24.7 Å². The lowest BCUT2D eigenvalue weighted by Crippen LogP contribution is -2.03. The number of carboxylic acids is 1. The molecule has 0 aliphatic heterocycles. The van der Waals surface area contributed by atoms with Gasteiger partial charge < -0.3 is 19.3 Å². The highest BCUT2D eigenvalue weighted by atomic mass is 127. The van der Waals surface area contributed by atoms with Gasteiger partial charge in [-0.3, -0.25) is 4.99 Å². The Morgan fingerprint density at radius 3 is 2.28 bits per heavy atom. The molecule has 1 N–H and O–H groups in total. The summed E-state index contributed by atoms with van der Waals surface area (Å²) in [6.45, 7) is 2.70. The third kappa shape index (κ3) is 6.85. The molecular weight excluding hydrogens is 569 g/mol. The van der Waals surface area contributed by atoms with Crippen molar-refractivity contribution in [2.45, 2.75) is 13.5 Å². The lowest BCUT2D eigenvalue weighted by molar-refractivity contribution is 0.0697. The highest BCUT2D eigenvalue weighted by Crippen LogP contribution is 2.35. The summed E-state index contributed by atoms with van der Waals surface area (Å²) in [6.07, 6.45) is 1.78. The minimum Gasteiger partial charge on any atom is -0.490 e. The lowest BCUT2D eigenvalue weighted by atomic mass is 10.1. The lowest BCUT2D eigenvalue weighted by Gasteiger charge is -2.15. The molecule has 7 heteroatoms. The van der Waals surface area contributed by atoms with Crippen LogP contribution in [0, 0.1) is 3.57 Å². The number of aromatic carboxylic acids is 1.